The van der Waals surface area contributed by atoms with Gasteiger partial charge in [-0.1, -0.05) is 36.3 Å². The number of aromatic nitrogens is 7. The predicted molar refractivity (Wildman–Crippen MR) is 91.4 cm³/mol. The van der Waals surface area contributed by atoms with E-state index in [1.807, 2.05) is 6.92 Å². The lowest BCUT2D eigenvalue weighted by molar-refractivity contribution is 0.300. The van der Waals surface area contributed by atoms with Crippen molar-refractivity contribution in [2.24, 2.45) is 0 Å². The molecule has 4 rings (SSSR count). The number of anilines is 1. The topological polar surface area (TPSA) is 98.6 Å². The fourth-order valence-corrected chi connectivity index (χ4v) is 2.97. The van der Waals surface area contributed by atoms with E-state index < -0.39 is 0 Å². The van der Waals surface area contributed by atoms with Crippen molar-refractivity contribution in [2.75, 3.05) is 18.0 Å². The minimum atomic E-state index is -0.164. The number of rotatable bonds is 3. The summed E-state index contributed by atoms with van der Waals surface area (Å²) in [5.74, 6) is 1.68. The second kappa shape index (κ2) is 5.75. The van der Waals surface area contributed by atoms with Crippen LogP contribution >= 0.6 is 0 Å². The van der Waals surface area contributed by atoms with E-state index in [2.05, 4.69) is 46.3 Å². The van der Waals surface area contributed by atoms with E-state index in [0.717, 1.165) is 47.3 Å². The van der Waals surface area contributed by atoms with Crippen LogP contribution in [0, 0.1) is 6.92 Å². The molecule has 4 heterocycles. The van der Waals surface area contributed by atoms with Gasteiger partial charge in [0.2, 0.25) is 0 Å². The number of nitrogens with zero attached hydrogens (tertiary/aromatic N) is 8. The van der Waals surface area contributed by atoms with Gasteiger partial charge in [0.25, 0.3) is 0 Å². The molecule has 132 valence electrons. The Morgan fingerprint density at radius 1 is 1.08 bits per heavy atom. The summed E-state index contributed by atoms with van der Waals surface area (Å²) in [6.07, 6.45) is 2.35. The van der Waals surface area contributed by atoms with Gasteiger partial charge in [0.15, 0.2) is 17.0 Å². The van der Waals surface area contributed by atoms with Gasteiger partial charge < -0.3 is 4.90 Å². The highest BCUT2D eigenvalue weighted by Crippen LogP contribution is 2.29. The molecule has 0 amide bonds. The number of hydrogen-bond acceptors (Lipinski definition) is 8. The third-order valence-electron chi connectivity index (χ3n) is 4.47. The fourth-order valence-electron chi connectivity index (χ4n) is 2.97. The SMILES string of the molecule is Cc1nonc1Cn1nnc2c(N3CCCC3)nc(C(C)(C)C)nc21. The van der Waals surface area contributed by atoms with E-state index in [1.165, 1.54) is 12.8 Å². The molecule has 3 aromatic heterocycles. The van der Waals surface area contributed by atoms with Crippen LogP contribution in [-0.4, -0.2) is 48.4 Å². The average molecular weight is 342 g/mol. The van der Waals surface area contributed by atoms with Gasteiger partial charge in [0, 0.05) is 18.5 Å². The normalized spacial score (nSPS) is 15.4. The molecular weight excluding hydrogens is 320 g/mol. The van der Waals surface area contributed by atoms with Crippen molar-refractivity contribution in [3.8, 4) is 0 Å². The molecule has 0 aromatic carbocycles. The molecule has 0 saturated carbocycles. The van der Waals surface area contributed by atoms with Crippen LogP contribution in [0.3, 0.4) is 0 Å². The van der Waals surface area contributed by atoms with Crippen LogP contribution in [0.15, 0.2) is 4.63 Å². The lowest BCUT2D eigenvalue weighted by atomic mass is 9.96. The summed E-state index contributed by atoms with van der Waals surface area (Å²) in [5, 5.41) is 16.4. The van der Waals surface area contributed by atoms with Crippen LogP contribution in [0.5, 0.6) is 0 Å². The Balaban J connectivity index is 1.85. The van der Waals surface area contributed by atoms with E-state index in [4.69, 9.17) is 14.6 Å². The van der Waals surface area contributed by atoms with Gasteiger partial charge in [-0.15, -0.1) is 5.10 Å². The molecule has 3 aromatic rings. The summed E-state index contributed by atoms with van der Waals surface area (Å²) in [7, 11) is 0. The standard InChI is InChI=1S/C16H22N8O/c1-10-11(21-25-20-10)9-24-14-12(19-22-24)13(23-7-5-6-8-23)17-15(18-14)16(2,3)4/h5-9H2,1-4H3. The second-order valence-corrected chi connectivity index (χ2v) is 7.53. The van der Waals surface area contributed by atoms with Crippen LogP contribution in [-0.2, 0) is 12.0 Å². The Morgan fingerprint density at radius 2 is 1.84 bits per heavy atom. The highest BCUT2D eigenvalue weighted by molar-refractivity contribution is 5.83. The molecule has 0 bridgehead atoms. The van der Waals surface area contributed by atoms with Crippen molar-refractivity contribution in [3.05, 3.63) is 17.2 Å². The van der Waals surface area contributed by atoms with E-state index in [-0.39, 0.29) is 5.41 Å². The number of fused-ring (bicyclic) bond motifs is 1. The highest BCUT2D eigenvalue weighted by atomic mass is 16.6. The highest BCUT2D eigenvalue weighted by Gasteiger charge is 2.26. The van der Waals surface area contributed by atoms with Crippen molar-refractivity contribution in [3.63, 3.8) is 0 Å². The Labute approximate surface area is 145 Å². The quantitative estimate of drug-likeness (QED) is 0.711. The fraction of sp³-hybridized carbons (Fsp3) is 0.625. The van der Waals surface area contributed by atoms with Crippen LogP contribution in [0.4, 0.5) is 5.82 Å². The molecule has 1 fully saturated rings. The van der Waals surface area contributed by atoms with Crippen LogP contribution in [0.1, 0.15) is 50.8 Å². The van der Waals surface area contributed by atoms with Crippen LogP contribution in [0.25, 0.3) is 11.2 Å². The van der Waals surface area contributed by atoms with Crippen molar-refractivity contribution >= 4 is 17.0 Å². The van der Waals surface area contributed by atoms with Crippen molar-refractivity contribution in [1.29, 1.82) is 0 Å². The molecule has 0 radical (unpaired) electrons. The third-order valence-corrected chi connectivity index (χ3v) is 4.47. The summed E-state index contributed by atoms with van der Waals surface area (Å²) in [6.45, 7) is 10.6. The maximum absolute atomic E-state index is 4.83. The molecule has 1 aliphatic rings. The number of hydrogen-bond donors (Lipinski definition) is 0. The number of aryl methyl sites for hydroxylation is 1. The first-order chi connectivity index (χ1) is 11.9. The Bertz CT molecular complexity index is 901. The van der Waals surface area contributed by atoms with E-state index in [0.29, 0.717) is 6.54 Å². The van der Waals surface area contributed by atoms with Gasteiger partial charge in [0.05, 0.1) is 6.54 Å². The second-order valence-electron chi connectivity index (χ2n) is 7.53. The molecule has 0 N–H and O–H groups in total. The van der Waals surface area contributed by atoms with E-state index >= 15 is 0 Å². The van der Waals surface area contributed by atoms with E-state index in [9.17, 15) is 0 Å². The summed E-state index contributed by atoms with van der Waals surface area (Å²) in [5.41, 5.74) is 2.77. The zero-order valence-corrected chi connectivity index (χ0v) is 15.0. The Morgan fingerprint density at radius 3 is 2.48 bits per heavy atom. The molecule has 0 aliphatic carbocycles. The molecule has 9 nitrogen and oxygen atoms in total. The lowest BCUT2D eigenvalue weighted by Crippen LogP contribution is -2.24. The molecule has 9 heteroatoms. The molecule has 25 heavy (non-hydrogen) atoms. The first kappa shape index (κ1) is 15.9. The predicted octanol–water partition coefficient (Wildman–Crippen LogP) is 1.86. The smallest absolute Gasteiger partial charge is 0.184 e. The van der Waals surface area contributed by atoms with Gasteiger partial charge in [-0.3, -0.25) is 0 Å². The summed E-state index contributed by atoms with van der Waals surface area (Å²) < 4.78 is 6.53. The van der Waals surface area contributed by atoms with Crippen LogP contribution < -0.4 is 4.90 Å². The van der Waals surface area contributed by atoms with Gasteiger partial charge in [-0.2, -0.15) is 0 Å². The first-order valence-electron chi connectivity index (χ1n) is 8.58. The van der Waals surface area contributed by atoms with Gasteiger partial charge in [-0.25, -0.2) is 19.3 Å². The van der Waals surface area contributed by atoms with Crippen LogP contribution in [0.2, 0.25) is 0 Å². The molecular formula is C16H22N8O. The Hall–Kier alpha value is -2.58. The maximum Gasteiger partial charge on any atom is 0.184 e. The average Bonchev–Trinajstić information content (AvgIpc) is 3.29. The molecule has 1 aliphatic heterocycles. The summed E-state index contributed by atoms with van der Waals surface area (Å²) in [6, 6.07) is 0. The van der Waals surface area contributed by atoms with Crippen molar-refractivity contribution in [2.45, 2.75) is 52.5 Å². The molecule has 0 atom stereocenters. The largest absolute Gasteiger partial charge is 0.355 e. The Kier molecular flexibility index (Phi) is 3.66. The minimum absolute atomic E-state index is 0.164. The zero-order chi connectivity index (χ0) is 17.6. The monoisotopic (exact) mass is 342 g/mol. The summed E-state index contributed by atoms with van der Waals surface area (Å²) >= 11 is 0. The van der Waals surface area contributed by atoms with Gasteiger partial charge in [-0.05, 0) is 19.8 Å². The third kappa shape index (κ3) is 2.83. The molecule has 1 saturated heterocycles. The molecule has 0 unspecified atom stereocenters. The zero-order valence-electron chi connectivity index (χ0n) is 15.0. The van der Waals surface area contributed by atoms with E-state index in [1.54, 1.807) is 4.68 Å². The van der Waals surface area contributed by atoms with Crippen molar-refractivity contribution in [1.82, 2.24) is 35.3 Å². The maximum atomic E-state index is 4.83. The van der Waals surface area contributed by atoms with Crippen molar-refractivity contribution < 1.29 is 4.63 Å². The van der Waals surface area contributed by atoms with Gasteiger partial charge in [0.1, 0.15) is 17.2 Å². The minimum Gasteiger partial charge on any atom is -0.355 e. The lowest BCUT2D eigenvalue weighted by Gasteiger charge is -2.21. The van der Waals surface area contributed by atoms with Gasteiger partial charge >= 0.3 is 0 Å². The summed E-state index contributed by atoms with van der Waals surface area (Å²) in [4.78, 5) is 11.9. The molecule has 0 spiro atoms. The first-order valence-corrected chi connectivity index (χ1v) is 8.58.